The Morgan fingerprint density at radius 2 is 1.40 bits per heavy atom. The summed E-state index contributed by atoms with van der Waals surface area (Å²) in [6, 6.07) is 20.0. The maximum atomic E-state index is 14.2. The van der Waals surface area contributed by atoms with Gasteiger partial charge in [-0.15, -0.1) is 0 Å². The van der Waals surface area contributed by atoms with Crippen molar-refractivity contribution in [1.29, 1.82) is 0 Å². The Balaban J connectivity index is 2.05. The van der Waals surface area contributed by atoms with E-state index in [1.807, 2.05) is 65.8 Å². The molecule has 0 saturated carbocycles. The van der Waals surface area contributed by atoms with Gasteiger partial charge in [-0.3, -0.25) is 13.9 Å². The highest BCUT2D eigenvalue weighted by Crippen LogP contribution is 2.27. The number of benzene rings is 3. The van der Waals surface area contributed by atoms with E-state index in [4.69, 9.17) is 4.74 Å². The second-order valence-corrected chi connectivity index (χ2v) is 12.4. The number of hydrogen-bond donors (Lipinski definition) is 1. The molecule has 9 heteroatoms. The van der Waals surface area contributed by atoms with Crippen LogP contribution in [0.15, 0.2) is 77.7 Å². The van der Waals surface area contributed by atoms with Crippen LogP contribution in [0.3, 0.4) is 0 Å². The summed E-state index contributed by atoms with van der Waals surface area (Å²) in [5, 5.41) is 3.00. The lowest BCUT2D eigenvalue weighted by Gasteiger charge is -2.33. The lowest BCUT2D eigenvalue weighted by molar-refractivity contribution is -0.140. The highest BCUT2D eigenvalue weighted by molar-refractivity contribution is 7.92. The molecule has 0 aliphatic carbocycles. The Morgan fingerprint density at radius 1 is 0.833 bits per heavy atom. The number of sulfonamides is 1. The van der Waals surface area contributed by atoms with Gasteiger partial charge in [0, 0.05) is 12.6 Å². The van der Waals surface area contributed by atoms with E-state index in [0.29, 0.717) is 24.5 Å². The molecule has 1 N–H and O–H groups in total. The Morgan fingerprint density at radius 3 is 1.93 bits per heavy atom. The van der Waals surface area contributed by atoms with E-state index in [-0.39, 0.29) is 23.4 Å². The molecule has 0 bridgehead atoms. The van der Waals surface area contributed by atoms with E-state index >= 15 is 0 Å². The second kappa shape index (κ2) is 14.9. The molecular formula is C33H43N3O5S. The Bertz CT molecular complexity index is 1420. The summed E-state index contributed by atoms with van der Waals surface area (Å²) >= 11 is 0. The molecule has 42 heavy (non-hydrogen) atoms. The minimum Gasteiger partial charge on any atom is -0.494 e. The highest BCUT2D eigenvalue weighted by atomic mass is 32.2. The van der Waals surface area contributed by atoms with E-state index in [2.05, 4.69) is 5.32 Å². The largest absolute Gasteiger partial charge is 0.494 e. The smallest absolute Gasteiger partial charge is 0.264 e. The van der Waals surface area contributed by atoms with Gasteiger partial charge in [0.25, 0.3) is 10.0 Å². The van der Waals surface area contributed by atoms with Crippen LogP contribution >= 0.6 is 0 Å². The van der Waals surface area contributed by atoms with Gasteiger partial charge in [-0.05, 0) is 82.5 Å². The fourth-order valence-electron chi connectivity index (χ4n) is 4.49. The summed E-state index contributed by atoms with van der Waals surface area (Å²) in [5.41, 5.74) is 3.15. The van der Waals surface area contributed by atoms with Crippen molar-refractivity contribution in [3.05, 3.63) is 89.5 Å². The molecule has 2 unspecified atom stereocenters. The van der Waals surface area contributed by atoms with Crippen LogP contribution in [-0.4, -0.2) is 50.4 Å². The lowest BCUT2D eigenvalue weighted by Crippen LogP contribution is -2.53. The van der Waals surface area contributed by atoms with Gasteiger partial charge in [-0.1, -0.05) is 61.4 Å². The number of nitrogens with zero attached hydrogens (tertiary/aromatic N) is 2. The summed E-state index contributed by atoms with van der Waals surface area (Å²) < 4.78 is 34.7. The first-order valence-corrected chi connectivity index (χ1v) is 15.9. The van der Waals surface area contributed by atoms with Gasteiger partial charge in [0.15, 0.2) is 0 Å². The number of aryl methyl sites for hydroxylation is 2. The van der Waals surface area contributed by atoms with Gasteiger partial charge in [-0.25, -0.2) is 8.42 Å². The van der Waals surface area contributed by atoms with Crippen LogP contribution in [0.5, 0.6) is 5.75 Å². The van der Waals surface area contributed by atoms with Crippen LogP contribution < -0.4 is 14.4 Å². The Hall–Kier alpha value is -3.85. The third kappa shape index (κ3) is 8.35. The maximum absolute atomic E-state index is 14.2. The second-order valence-electron chi connectivity index (χ2n) is 10.5. The predicted octanol–water partition coefficient (Wildman–Crippen LogP) is 5.62. The van der Waals surface area contributed by atoms with Crippen molar-refractivity contribution in [3.63, 3.8) is 0 Å². The van der Waals surface area contributed by atoms with E-state index in [9.17, 15) is 18.0 Å². The van der Waals surface area contributed by atoms with Crippen LogP contribution in [0.2, 0.25) is 0 Å². The molecule has 226 valence electrons. The number of hydrogen-bond acceptors (Lipinski definition) is 5. The molecule has 8 nitrogen and oxygen atoms in total. The molecule has 0 spiro atoms. The minimum absolute atomic E-state index is 0.0647. The van der Waals surface area contributed by atoms with Gasteiger partial charge < -0.3 is 15.0 Å². The van der Waals surface area contributed by atoms with E-state index in [1.54, 1.807) is 36.4 Å². The fourth-order valence-corrected chi connectivity index (χ4v) is 5.91. The summed E-state index contributed by atoms with van der Waals surface area (Å²) in [4.78, 5) is 29.1. The average Bonchev–Trinajstić information content (AvgIpc) is 2.97. The number of carbonyl (C=O) groups is 2. The lowest BCUT2D eigenvalue weighted by atomic mass is 10.1. The van der Waals surface area contributed by atoms with Crippen LogP contribution in [0.1, 0.15) is 57.2 Å². The topological polar surface area (TPSA) is 96.0 Å². The Labute approximate surface area is 250 Å². The molecule has 0 aliphatic rings. The number of nitrogens with one attached hydrogen (secondary N) is 1. The molecule has 3 rings (SSSR count). The molecular weight excluding hydrogens is 550 g/mol. The van der Waals surface area contributed by atoms with E-state index in [1.165, 1.54) is 17.0 Å². The summed E-state index contributed by atoms with van der Waals surface area (Å²) in [7, 11) is -4.13. The first kappa shape index (κ1) is 32.7. The van der Waals surface area contributed by atoms with Crippen molar-refractivity contribution in [2.24, 2.45) is 0 Å². The third-order valence-corrected chi connectivity index (χ3v) is 8.97. The van der Waals surface area contributed by atoms with Crippen LogP contribution in [0, 0.1) is 13.8 Å². The zero-order chi connectivity index (χ0) is 30.9. The molecule has 2 amide bonds. The third-order valence-electron chi connectivity index (χ3n) is 7.18. The molecule has 0 heterocycles. The molecule has 2 atom stereocenters. The first-order chi connectivity index (χ1) is 20.0. The quantitative estimate of drug-likeness (QED) is 0.262. The number of amides is 2. The van der Waals surface area contributed by atoms with Crippen LogP contribution in [0.25, 0.3) is 0 Å². The molecule has 3 aromatic rings. The average molecular weight is 594 g/mol. The van der Waals surface area contributed by atoms with Gasteiger partial charge in [0.1, 0.15) is 18.3 Å². The van der Waals surface area contributed by atoms with Crippen molar-refractivity contribution >= 4 is 27.5 Å². The molecule has 3 aromatic carbocycles. The van der Waals surface area contributed by atoms with Gasteiger partial charge >= 0.3 is 0 Å². The zero-order valence-corrected chi connectivity index (χ0v) is 26.3. The van der Waals surface area contributed by atoms with Gasteiger partial charge in [0.2, 0.25) is 11.8 Å². The van der Waals surface area contributed by atoms with Crippen molar-refractivity contribution < 1.29 is 22.7 Å². The number of anilines is 1. The summed E-state index contributed by atoms with van der Waals surface area (Å²) in [6.45, 7) is 11.6. The molecule has 0 saturated heterocycles. The van der Waals surface area contributed by atoms with Crippen LogP contribution in [-0.2, 0) is 26.2 Å². The molecule has 0 radical (unpaired) electrons. The Kier molecular flexibility index (Phi) is 11.6. The van der Waals surface area contributed by atoms with E-state index in [0.717, 1.165) is 27.4 Å². The van der Waals surface area contributed by atoms with E-state index < -0.39 is 28.5 Å². The number of rotatable bonds is 14. The SMILES string of the molecule is CCOc1ccc(N(CC(=O)N(Cc2ccc(C)cc2)C(CC)C(=O)NC(C)CC)S(=O)(=O)c2ccc(C)cc2)cc1. The summed E-state index contributed by atoms with van der Waals surface area (Å²) in [5.74, 6) is -0.151. The molecule has 0 aliphatic heterocycles. The number of carbonyl (C=O) groups excluding carboxylic acids is 2. The molecule has 0 aromatic heterocycles. The van der Waals surface area contributed by atoms with Crippen molar-refractivity contribution in [3.8, 4) is 5.75 Å². The fraction of sp³-hybridized carbons (Fsp3) is 0.394. The standard InChI is InChI=1S/C33H43N3O5S/c1-7-26(6)34-33(38)31(8-2)35(22-27-14-10-24(4)11-15-27)32(37)23-36(28-16-18-29(19-17-28)41-9-3)42(39,40)30-20-12-25(5)13-21-30/h10-21,26,31H,7-9,22-23H2,1-6H3,(H,34,38). The van der Waals surface area contributed by atoms with Crippen molar-refractivity contribution in [2.75, 3.05) is 17.5 Å². The summed E-state index contributed by atoms with van der Waals surface area (Å²) in [6.07, 6.45) is 1.11. The normalized spacial score (nSPS) is 12.7. The predicted molar refractivity (Wildman–Crippen MR) is 167 cm³/mol. The highest BCUT2D eigenvalue weighted by Gasteiger charge is 2.34. The van der Waals surface area contributed by atoms with Crippen LogP contribution in [0.4, 0.5) is 5.69 Å². The van der Waals surface area contributed by atoms with Crippen molar-refractivity contribution in [2.45, 2.75) is 77.9 Å². The zero-order valence-electron chi connectivity index (χ0n) is 25.5. The van der Waals surface area contributed by atoms with Gasteiger partial charge in [0.05, 0.1) is 17.2 Å². The first-order valence-electron chi connectivity index (χ1n) is 14.5. The minimum atomic E-state index is -4.13. The maximum Gasteiger partial charge on any atom is 0.264 e. The monoisotopic (exact) mass is 593 g/mol. The number of ether oxygens (including phenoxy) is 1. The van der Waals surface area contributed by atoms with Gasteiger partial charge in [-0.2, -0.15) is 0 Å². The molecule has 0 fully saturated rings. The van der Waals surface area contributed by atoms with Crippen molar-refractivity contribution in [1.82, 2.24) is 10.2 Å².